The van der Waals surface area contributed by atoms with Gasteiger partial charge in [0.15, 0.2) is 9.84 Å². The molecule has 1 aliphatic heterocycles. The van der Waals surface area contributed by atoms with Crippen LogP contribution >= 0.6 is 0 Å². The molecule has 0 amide bonds. The Morgan fingerprint density at radius 3 is 2.69 bits per heavy atom. The molecular formula is C8H14N2O2S. The van der Waals surface area contributed by atoms with Crippen LogP contribution in [0.1, 0.15) is 19.3 Å². The SMILES string of the molecule is C#CC(NN)C1CCCCS1(=O)=O. The third-order valence-corrected chi connectivity index (χ3v) is 4.65. The summed E-state index contributed by atoms with van der Waals surface area (Å²) in [7, 11) is -3.03. The van der Waals surface area contributed by atoms with Crippen molar-refractivity contribution >= 4 is 9.84 Å². The molecule has 13 heavy (non-hydrogen) atoms. The number of rotatable bonds is 2. The molecule has 5 heteroatoms. The van der Waals surface area contributed by atoms with Crippen molar-refractivity contribution in [3.63, 3.8) is 0 Å². The molecule has 0 aromatic carbocycles. The third-order valence-electron chi connectivity index (χ3n) is 2.36. The number of hydrogen-bond acceptors (Lipinski definition) is 4. The molecule has 1 fully saturated rings. The maximum atomic E-state index is 11.5. The predicted molar refractivity (Wildman–Crippen MR) is 51.4 cm³/mol. The normalized spacial score (nSPS) is 29.1. The average Bonchev–Trinajstić information content (AvgIpc) is 2.09. The Hall–Kier alpha value is -0.570. The van der Waals surface area contributed by atoms with E-state index in [9.17, 15) is 8.42 Å². The molecule has 2 unspecified atom stereocenters. The second kappa shape index (κ2) is 4.09. The van der Waals surface area contributed by atoms with E-state index in [1.54, 1.807) is 0 Å². The first-order chi connectivity index (χ1) is 6.11. The van der Waals surface area contributed by atoms with Crippen LogP contribution in [-0.2, 0) is 9.84 Å². The van der Waals surface area contributed by atoms with Crippen molar-refractivity contribution in [2.75, 3.05) is 5.75 Å². The Kier molecular flexibility index (Phi) is 3.31. The van der Waals surface area contributed by atoms with E-state index in [2.05, 4.69) is 11.3 Å². The lowest BCUT2D eigenvalue weighted by molar-refractivity contribution is 0.494. The van der Waals surface area contributed by atoms with Gasteiger partial charge in [-0.25, -0.2) is 13.8 Å². The van der Waals surface area contributed by atoms with Crippen LogP contribution in [0.4, 0.5) is 0 Å². The number of nitrogens with two attached hydrogens (primary N) is 1. The fourth-order valence-electron chi connectivity index (χ4n) is 1.62. The Morgan fingerprint density at radius 2 is 2.23 bits per heavy atom. The highest BCUT2D eigenvalue weighted by molar-refractivity contribution is 7.92. The summed E-state index contributed by atoms with van der Waals surface area (Å²) in [5, 5.41) is -0.503. The average molecular weight is 202 g/mol. The predicted octanol–water partition coefficient (Wildman–Crippen LogP) is -0.581. The Morgan fingerprint density at radius 1 is 1.54 bits per heavy atom. The second-order valence-electron chi connectivity index (χ2n) is 3.21. The Balaban J connectivity index is 2.83. The molecule has 0 radical (unpaired) electrons. The molecule has 0 aromatic heterocycles. The highest BCUT2D eigenvalue weighted by Crippen LogP contribution is 2.21. The first-order valence-electron chi connectivity index (χ1n) is 4.25. The minimum atomic E-state index is -3.03. The van der Waals surface area contributed by atoms with Gasteiger partial charge >= 0.3 is 0 Å². The summed E-state index contributed by atoms with van der Waals surface area (Å²) < 4.78 is 23.1. The lowest BCUT2D eigenvalue weighted by atomic mass is 10.1. The van der Waals surface area contributed by atoms with Gasteiger partial charge in [-0.2, -0.15) is 0 Å². The topological polar surface area (TPSA) is 72.2 Å². The van der Waals surface area contributed by atoms with Crippen LogP contribution in [0.5, 0.6) is 0 Å². The van der Waals surface area contributed by atoms with Gasteiger partial charge in [0.05, 0.1) is 17.0 Å². The molecule has 2 atom stereocenters. The maximum Gasteiger partial charge on any atom is 0.155 e. The standard InChI is InChI=1S/C8H14N2O2S/c1-2-7(10-9)8-5-3-4-6-13(8,11)12/h1,7-8,10H,3-6,9H2. The molecule has 0 aliphatic carbocycles. The summed E-state index contributed by atoms with van der Waals surface area (Å²) in [6.07, 6.45) is 7.43. The summed E-state index contributed by atoms with van der Waals surface area (Å²) in [5.41, 5.74) is 2.36. The van der Waals surface area contributed by atoms with Crippen LogP contribution < -0.4 is 11.3 Å². The highest BCUT2D eigenvalue weighted by Gasteiger charge is 2.34. The third kappa shape index (κ3) is 2.21. The van der Waals surface area contributed by atoms with Crippen LogP contribution in [0, 0.1) is 12.3 Å². The van der Waals surface area contributed by atoms with Gasteiger partial charge in [-0.05, 0) is 12.8 Å². The molecule has 1 saturated heterocycles. The quantitative estimate of drug-likeness (QED) is 0.357. The largest absolute Gasteiger partial charge is 0.270 e. The van der Waals surface area contributed by atoms with E-state index in [4.69, 9.17) is 12.3 Å². The van der Waals surface area contributed by atoms with Crippen LogP contribution in [0.15, 0.2) is 0 Å². The lowest BCUT2D eigenvalue weighted by Gasteiger charge is -2.26. The van der Waals surface area contributed by atoms with Crippen molar-refractivity contribution in [2.24, 2.45) is 5.84 Å². The van der Waals surface area contributed by atoms with E-state index in [0.717, 1.165) is 12.8 Å². The molecule has 0 aromatic rings. The Labute approximate surface area is 78.8 Å². The number of hydrogen-bond donors (Lipinski definition) is 2. The minimum Gasteiger partial charge on any atom is -0.270 e. The Bertz CT molecular complexity index is 305. The fraction of sp³-hybridized carbons (Fsp3) is 0.750. The van der Waals surface area contributed by atoms with Gasteiger partial charge in [-0.15, -0.1) is 6.42 Å². The van der Waals surface area contributed by atoms with E-state index in [-0.39, 0.29) is 5.75 Å². The monoisotopic (exact) mass is 202 g/mol. The number of hydrazine groups is 1. The van der Waals surface area contributed by atoms with Crippen molar-refractivity contribution in [1.29, 1.82) is 0 Å². The van der Waals surface area contributed by atoms with Gasteiger partial charge in [-0.1, -0.05) is 12.3 Å². The van der Waals surface area contributed by atoms with Crippen molar-refractivity contribution in [2.45, 2.75) is 30.6 Å². The zero-order valence-corrected chi connectivity index (χ0v) is 8.18. The molecule has 1 aliphatic rings. The minimum absolute atomic E-state index is 0.234. The molecule has 3 N–H and O–H groups in total. The number of sulfone groups is 1. The van der Waals surface area contributed by atoms with E-state index < -0.39 is 21.1 Å². The molecule has 74 valence electrons. The molecule has 0 saturated carbocycles. The maximum absolute atomic E-state index is 11.5. The lowest BCUT2D eigenvalue weighted by Crippen LogP contribution is -2.48. The van der Waals surface area contributed by atoms with Crippen LogP contribution in [0.2, 0.25) is 0 Å². The van der Waals surface area contributed by atoms with Crippen LogP contribution in [0.25, 0.3) is 0 Å². The second-order valence-corrected chi connectivity index (χ2v) is 5.55. The van der Waals surface area contributed by atoms with Gasteiger partial charge in [0.25, 0.3) is 0 Å². The summed E-state index contributed by atoms with van der Waals surface area (Å²) in [4.78, 5) is 0. The first kappa shape index (κ1) is 10.5. The van der Waals surface area contributed by atoms with Gasteiger partial charge < -0.3 is 0 Å². The molecule has 0 bridgehead atoms. The molecule has 0 spiro atoms. The molecular weight excluding hydrogens is 188 g/mol. The summed E-state index contributed by atoms with van der Waals surface area (Å²) >= 11 is 0. The highest BCUT2D eigenvalue weighted by atomic mass is 32.2. The number of nitrogens with one attached hydrogen (secondary N) is 1. The van der Waals surface area contributed by atoms with E-state index in [1.807, 2.05) is 0 Å². The summed E-state index contributed by atoms with van der Waals surface area (Å²) in [6, 6.07) is -0.551. The molecule has 1 rings (SSSR count). The van der Waals surface area contributed by atoms with Gasteiger partial charge in [-0.3, -0.25) is 5.84 Å². The van der Waals surface area contributed by atoms with Gasteiger partial charge in [0.1, 0.15) is 0 Å². The summed E-state index contributed by atoms with van der Waals surface area (Å²) in [5.74, 6) is 7.77. The van der Waals surface area contributed by atoms with E-state index in [1.165, 1.54) is 0 Å². The van der Waals surface area contributed by atoms with Gasteiger partial charge in [0, 0.05) is 0 Å². The van der Waals surface area contributed by atoms with Crippen molar-refractivity contribution in [3.05, 3.63) is 0 Å². The molecule has 4 nitrogen and oxygen atoms in total. The van der Waals surface area contributed by atoms with Crippen molar-refractivity contribution in [3.8, 4) is 12.3 Å². The van der Waals surface area contributed by atoms with Crippen LogP contribution in [-0.4, -0.2) is 25.5 Å². The first-order valence-corrected chi connectivity index (χ1v) is 5.97. The zero-order chi connectivity index (χ0) is 9.90. The van der Waals surface area contributed by atoms with Crippen LogP contribution in [0.3, 0.4) is 0 Å². The van der Waals surface area contributed by atoms with Crippen molar-refractivity contribution in [1.82, 2.24) is 5.43 Å². The smallest absolute Gasteiger partial charge is 0.155 e. The van der Waals surface area contributed by atoms with E-state index in [0.29, 0.717) is 6.42 Å². The van der Waals surface area contributed by atoms with Gasteiger partial charge in [0.2, 0.25) is 0 Å². The number of terminal acetylenes is 1. The zero-order valence-electron chi connectivity index (χ0n) is 7.36. The van der Waals surface area contributed by atoms with Crippen molar-refractivity contribution < 1.29 is 8.42 Å². The summed E-state index contributed by atoms with van der Waals surface area (Å²) in [6.45, 7) is 0. The van der Waals surface area contributed by atoms with E-state index >= 15 is 0 Å². The molecule has 1 heterocycles. The fourth-order valence-corrected chi connectivity index (χ4v) is 3.62.